The number of morpholine rings is 1. The smallest absolute Gasteiger partial charge is 0.242 e. The Balaban J connectivity index is 0.00000196. The van der Waals surface area contributed by atoms with Gasteiger partial charge in [0.15, 0.2) is 0 Å². The highest BCUT2D eigenvalue weighted by molar-refractivity contribution is 5.85. The fourth-order valence-corrected chi connectivity index (χ4v) is 3.58. The average Bonchev–Trinajstić information content (AvgIpc) is 2.69. The first-order chi connectivity index (χ1) is 12.8. The fraction of sp³-hybridized carbons (Fsp3) is 0.632. The van der Waals surface area contributed by atoms with Gasteiger partial charge in [-0.15, -0.1) is 24.8 Å². The van der Waals surface area contributed by atoms with Crippen LogP contribution in [0.5, 0.6) is 0 Å². The minimum atomic E-state index is -0.598. The molecular weight excluding hydrogens is 406 g/mol. The van der Waals surface area contributed by atoms with Crippen LogP contribution in [0.3, 0.4) is 0 Å². The molecule has 2 heterocycles. The van der Waals surface area contributed by atoms with Gasteiger partial charge in [-0.1, -0.05) is 18.2 Å². The van der Waals surface area contributed by atoms with Crippen molar-refractivity contribution in [1.82, 2.24) is 20.4 Å². The van der Waals surface area contributed by atoms with Gasteiger partial charge >= 0.3 is 0 Å². The molecule has 28 heavy (non-hydrogen) atoms. The molecule has 2 fully saturated rings. The van der Waals surface area contributed by atoms with Gasteiger partial charge in [0, 0.05) is 51.4 Å². The Morgan fingerprint density at radius 3 is 2.50 bits per heavy atom. The summed E-state index contributed by atoms with van der Waals surface area (Å²) in [6.07, 6.45) is 0.902. The summed E-state index contributed by atoms with van der Waals surface area (Å²) >= 11 is 0. The first-order valence-corrected chi connectivity index (χ1v) is 9.53. The van der Waals surface area contributed by atoms with Crippen molar-refractivity contribution in [3.8, 4) is 0 Å². The predicted molar refractivity (Wildman–Crippen MR) is 113 cm³/mol. The van der Waals surface area contributed by atoms with Crippen LogP contribution >= 0.6 is 24.8 Å². The second-order valence-corrected chi connectivity index (χ2v) is 6.81. The molecular formula is C19H31Cl2FN4O2. The number of hydrogen-bond donors (Lipinski definition) is 2. The minimum absolute atomic E-state index is 0. The molecule has 0 radical (unpaired) electrons. The molecule has 1 amide bonds. The number of nitrogens with one attached hydrogen (secondary N) is 2. The summed E-state index contributed by atoms with van der Waals surface area (Å²) in [6.45, 7) is 8.15. The summed E-state index contributed by atoms with van der Waals surface area (Å²) in [6, 6.07) is 5.96. The molecule has 6 nitrogen and oxygen atoms in total. The highest BCUT2D eigenvalue weighted by atomic mass is 35.5. The lowest BCUT2D eigenvalue weighted by molar-refractivity contribution is -0.128. The lowest BCUT2D eigenvalue weighted by atomic mass is 10.0. The van der Waals surface area contributed by atoms with Gasteiger partial charge in [-0.25, -0.2) is 4.39 Å². The monoisotopic (exact) mass is 436 g/mol. The summed E-state index contributed by atoms with van der Waals surface area (Å²) in [5.74, 6) is -0.461. The second kappa shape index (κ2) is 13.3. The number of rotatable bonds is 7. The van der Waals surface area contributed by atoms with Crippen molar-refractivity contribution in [3.05, 3.63) is 35.6 Å². The van der Waals surface area contributed by atoms with Crippen LogP contribution in [0.4, 0.5) is 4.39 Å². The van der Waals surface area contributed by atoms with Gasteiger partial charge in [0.2, 0.25) is 5.91 Å². The van der Waals surface area contributed by atoms with Crippen LogP contribution in [0.15, 0.2) is 24.3 Å². The van der Waals surface area contributed by atoms with Crippen molar-refractivity contribution >= 4 is 30.7 Å². The van der Waals surface area contributed by atoms with E-state index in [-0.39, 0.29) is 36.5 Å². The molecule has 1 aromatic carbocycles. The zero-order chi connectivity index (χ0) is 18.2. The van der Waals surface area contributed by atoms with E-state index in [1.807, 2.05) is 4.90 Å². The van der Waals surface area contributed by atoms with Crippen LogP contribution in [0.1, 0.15) is 18.0 Å². The van der Waals surface area contributed by atoms with Crippen molar-refractivity contribution in [2.24, 2.45) is 0 Å². The molecule has 3 rings (SSSR count). The van der Waals surface area contributed by atoms with Gasteiger partial charge in [0.1, 0.15) is 11.9 Å². The van der Waals surface area contributed by atoms with Gasteiger partial charge in [0.25, 0.3) is 0 Å². The normalized spacial score (nSPS) is 19.2. The number of benzene rings is 1. The molecule has 1 aromatic rings. The number of piperazine rings is 1. The first kappa shape index (κ1) is 25.1. The fourth-order valence-electron chi connectivity index (χ4n) is 3.58. The number of carbonyl (C=O) groups excluding carboxylic acids is 1. The zero-order valence-corrected chi connectivity index (χ0v) is 17.7. The minimum Gasteiger partial charge on any atom is -0.379 e. The highest BCUT2D eigenvalue weighted by Crippen LogP contribution is 2.24. The lowest BCUT2D eigenvalue weighted by Crippen LogP contribution is -2.47. The van der Waals surface area contributed by atoms with Crippen molar-refractivity contribution < 1.29 is 13.9 Å². The van der Waals surface area contributed by atoms with Crippen LogP contribution in [0, 0.1) is 5.82 Å². The Morgan fingerprint density at radius 1 is 1.14 bits per heavy atom. The van der Waals surface area contributed by atoms with E-state index < -0.39 is 6.04 Å². The van der Waals surface area contributed by atoms with Gasteiger partial charge < -0.3 is 20.3 Å². The van der Waals surface area contributed by atoms with E-state index in [0.717, 1.165) is 39.1 Å². The largest absolute Gasteiger partial charge is 0.379 e. The molecule has 2 aliphatic heterocycles. The molecule has 0 saturated carbocycles. The topological polar surface area (TPSA) is 56.8 Å². The maximum absolute atomic E-state index is 14.3. The van der Waals surface area contributed by atoms with Gasteiger partial charge in [-0.3, -0.25) is 9.69 Å². The first-order valence-electron chi connectivity index (χ1n) is 9.53. The highest BCUT2D eigenvalue weighted by Gasteiger charge is 2.30. The Morgan fingerprint density at radius 2 is 1.82 bits per heavy atom. The molecule has 9 heteroatoms. The number of halogens is 3. The predicted octanol–water partition coefficient (Wildman–Crippen LogP) is 1.45. The number of amides is 1. The lowest BCUT2D eigenvalue weighted by Gasteiger charge is -2.34. The molecule has 0 aromatic heterocycles. The Kier molecular flexibility index (Phi) is 11.9. The van der Waals surface area contributed by atoms with E-state index in [9.17, 15) is 9.18 Å². The van der Waals surface area contributed by atoms with Gasteiger partial charge in [-0.2, -0.15) is 0 Å². The van der Waals surface area contributed by atoms with Gasteiger partial charge in [0.05, 0.1) is 13.2 Å². The van der Waals surface area contributed by atoms with Crippen LogP contribution in [-0.2, 0) is 9.53 Å². The van der Waals surface area contributed by atoms with Crippen molar-refractivity contribution in [1.29, 1.82) is 0 Å². The molecule has 160 valence electrons. The number of nitrogens with zero attached hydrogens (tertiary/aromatic N) is 2. The third-order valence-electron chi connectivity index (χ3n) is 5.02. The molecule has 2 saturated heterocycles. The summed E-state index contributed by atoms with van der Waals surface area (Å²) in [5, 5.41) is 6.35. The van der Waals surface area contributed by atoms with E-state index in [2.05, 4.69) is 15.5 Å². The number of hydrogen-bond acceptors (Lipinski definition) is 5. The Hall–Kier alpha value is -0.960. The van der Waals surface area contributed by atoms with Crippen LogP contribution in [-0.4, -0.2) is 81.3 Å². The second-order valence-electron chi connectivity index (χ2n) is 6.81. The SMILES string of the molecule is Cl.Cl.O=C(NCCCN1CCNCC1)C(c1ccccc1F)N1CCOCC1. The van der Waals surface area contributed by atoms with E-state index in [1.54, 1.807) is 18.2 Å². The van der Waals surface area contributed by atoms with Crippen LogP contribution < -0.4 is 10.6 Å². The summed E-state index contributed by atoms with van der Waals surface area (Å²) in [4.78, 5) is 17.3. The molecule has 0 bridgehead atoms. The third kappa shape index (κ3) is 7.13. The molecule has 2 aliphatic rings. The molecule has 2 N–H and O–H groups in total. The van der Waals surface area contributed by atoms with Crippen molar-refractivity contribution in [2.75, 3.05) is 65.6 Å². The summed E-state index contributed by atoms with van der Waals surface area (Å²) in [7, 11) is 0. The number of ether oxygens (including phenoxy) is 1. The third-order valence-corrected chi connectivity index (χ3v) is 5.02. The average molecular weight is 437 g/mol. The quantitative estimate of drug-likeness (QED) is 0.633. The van der Waals surface area contributed by atoms with E-state index >= 15 is 0 Å². The molecule has 1 unspecified atom stereocenters. The van der Waals surface area contributed by atoms with Crippen LogP contribution in [0.2, 0.25) is 0 Å². The van der Waals surface area contributed by atoms with Crippen molar-refractivity contribution in [2.45, 2.75) is 12.5 Å². The standard InChI is InChI=1S/C19H29FN4O2.2ClH/c20-17-5-2-1-4-16(17)18(24-12-14-26-15-13-24)19(25)22-6-3-9-23-10-7-21-8-11-23;;/h1-2,4-5,18,21H,3,6-15H2,(H,22,25);2*1H. The van der Waals surface area contributed by atoms with E-state index in [1.165, 1.54) is 6.07 Å². The maximum Gasteiger partial charge on any atom is 0.242 e. The van der Waals surface area contributed by atoms with Gasteiger partial charge in [-0.05, 0) is 19.0 Å². The van der Waals surface area contributed by atoms with Crippen molar-refractivity contribution in [3.63, 3.8) is 0 Å². The Labute approximate surface area is 179 Å². The maximum atomic E-state index is 14.3. The molecule has 0 spiro atoms. The zero-order valence-electron chi connectivity index (χ0n) is 16.1. The molecule has 1 atom stereocenters. The summed E-state index contributed by atoms with van der Waals surface area (Å²) < 4.78 is 19.7. The molecule has 0 aliphatic carbocycles. The summed E-state index contributed by atoms with van der Waals surface area (Å²) in [5.41, 5.74) is 0.439. The van der Waals surface area contributed by atoms with E-state index in [4.69, 9.17) is 4.74 Å². The Bertz CT molecular complexity index is 585. The van der Waals surface area contributed by atoms with E-state index in [0.29, 0.717) is 38.4 Å². The van der Waals surface area contributed by atoms with Crippen LogP contribution in [0.25, 0.3) is 0 Å². The number of carbonyl (C=O) groups is 1.